The molecule has 0 spiro atoms. The number of aryl methyl sites for hydroxylation is 1. The van der Waals surface area contributed by atoms with Gasteiger partial charge < -0.3 is 15.5 Å². The van der Waals surface area contributed by atoms with Crippen molar-refractivity contribution in [2.45, 2.75) is 51.0 Å². The number of carbonyl (C=O) groups excluding carboxylic acids is 2. The van der Waals surface area contributed by atoms with Gasteiger partial charge in [-0.15, -0.1) is 0 Å². The first-order valence-electron chi connectivity index (χ1n) is 9.46. The van der Waals surface area contributed by atoms with Crippen molar-refractivity contribution in [3.8, 4) is 0 Å². The molecule has 0 unspecified atom stereocenters. The molecule has 2 rings (SSSR count). The molecule has 26 heavy (non-hydrogen) atoms. The highest BCUT2D eigenvalue weighted by molar-refractivity contribution is 5.82. The second-order valence-corrected chi connectivity index (χ2v) is 7.88. The van der Waals surface area contributed by atoms with E-state index in [9.17, 15) is 9.59 Å². The maximum atomic E-state index is 12.0. The quantitative estimate of drug-likeness (QED) is 0.758. The first-order chi connectivity index (χ1) is 12.3. The van der Waals surface area contributed by atoms with Gasteiger partial charge >= 0.3 is 0 Å². The Morgan fingerprint density at radius 2 is 1.85 bits per heavy atom. The lowest BCUT2D eigenvalue weighted by atomic mass is 9.80. The molecule has 146 valence electrons. The summed E-state index contributed by atoms with van der Waals surface area (Å²) in [6.07, 6.45) is 4.79. The Hall–Kier alpha value is -1.89. The summed E-state index contributed by atoms with van der Waals surface area (Å²) in [6, 6.07) is 2.24. The number of hydrogen-bond donors (Lipinski definition) is 1. The number of nitrogens with zero attached hydrogens (tertiary/aromatic N) is 4. The molecule has 1 saturated carbocycles. The molecular weight excluding hydrogens is 330 g/mol. The number of aromatic nitrogens is 2. The second-order valence-electron chi connectivity index (χ2n) is 7.88. The van der Waals surface area contributed by atoms with Crippen LogP contribution in [0.5, 0.6) is 0 Å². The van der Waals surface area contributed by atoms with Crippen molar-refractivity contribution in [3.63, 3.8) is 0 Å². The molecule has 0 radical (unpaired) electrons. The number of primary amides is 1. The summed E-state index contributed by atoms with van der Waals surface area (Å²) in [5, 5.41) is 4.72. The highest BCUT2D eigenvalue weighted by Gasteiger charge is 2.26. The largest absolute Gasteiger partial charge is 0.370 e. The minimum atomic E-state index is -0.420. The summed E-state index contributed by atoms with van der Waals surface area (Å²) in [4.78, 5) is 26.8. The zero-order valence-electron chi connectivity index (χ0n) is 16.6. The number of carbonyl (C=O) groups is 2. The Morgan fingerprint density at radius 1 is 1.19 bits per heavy atom. The van der Waals surface area contributed by atoms with Crippen LogP contribution in [0.1, 0.15) is 55.8 Å². The van der Waals surface area contributed by atoms with Crippen LogP contribution in [0, 0.1) is 5.92 Å². The molecule has 2 N–H and O–H groups in total. The molecule has 7 heteroatoms. The minimum absolute atomic E-state index is 0.00368. The van der Waals surface area contributed by atoms with Crippen LogP contribution in [-0.2, 0) is 23.2 Å². The van der Waals surface area contributed by atoms with Crippen LogP contribution in [0.2, 0.25) is 0 Å². The summed E-state index contributed by atoms with van der Waals surface area (Å²) in [5.74, 6) is 0.628. The van der Waals surface area contributed by atoms with Gasteiger partial charge in [-0.05, 0) is 51.8 Å². The van der Waals surface area contributed by atoms with Crippen LogP contribution in [0.3, 0.4) is 0 Å². The lowest BCUT2D eigenvalue weighted by Gasteiger charge is -2.30. The van der Waals surface area contributed by atoms with Crippen molar-refractivity contribution in [2.24, 2.45) is 18.7 Å². The minimum Gasteiger partial charge on any atom is -0.370 e. The van der Waals surface area contributed by atoms with Crippen LogP contribution in [-0.4, -0.2) is 59.1 Å². The Labute approximate surface area is 156 Å². The SMILES string of the molecule is CN(C)Cc1cc(C2CCC(CN(C)C(=O)CCC(N)=O)CC2)nn1C. The van der Waals surface area contributed by atoms with E-state index in [1.165, 1.54) is 11.4 Å². The van der Waals surface area contributed by atoms with Crippen molar-refractivity contribution in [1.82, 2.24) is 19.6 Å². The van der Waals surface area contributed by atoms with Crippen molar-refractivity contribution in [3.05, 3.63) is 17.5 Å². The van der Waals surface area contributed by atoms with Gasteiger partial charge in [-0.2, -0.15) is 5.10 Å². The fourth-order valence-electron chi connectivity index (χ4n) is 3.75. The molecule has 1 aromatic rings. The van der Waals surface area contributed by atoms with E-state index in [4.69, 9.17) is 10.8 Å². The fraction of sp³-hybridized carbons (Fsp3) is 0.737. The van der Waals surface area contributed by atoms with E-state index in [1.54, 1.807) is 4.90 Å². The molecule has 2 amide bonds. The van der Waals surface area contributed by atoms with Crippen LogP contribution < -0.4 is 5.73 Å². The van der Waals surface area contributed by atoms with Crippen LogP contribution >= 0.6 is 0 Å². The van der Waals surface area contributed by atoms with Gasteiger partial charge in [-0.1, -0.05) is 0 Å². The summed E-state index contributed by atoms with van der Waals surface area (Å²) in [5.41, 5.74) is 7.56. The Balaban J connectivity index is 1.81. The van der Waals surface area contributed by atoms with Gasteiger partial charge in [0.05, 0.1) is 11.4 Å². The standard InChI is InChI=1S/C19H33N5O2/c1-22(2)13-16-11-17(21-24(16)4)15-7-5-14(6-8-15)12-23(3)19(26)10-9-18(20)25/h11,14-15H,5-10,12-13H2,1-4H3,(H2,20,25). The maximum absolute atomic E-state index is 12.0. The third-order valence-corrected chi connectivity index (χ3v) is 5.28. The number of rotatable bonds is 8. The summed E-state index contributed by atoms with van der Waals surface area (Å²) >= 11 is 0. The van der Waals surface area contributed by atoms with Crippen molar-refractivity contribution < 1.29 is 9.59 Å². The van der Waals surface area contributed by atoms with Crippen molar-refractivity contribution in [1.29, 1.82) is 0 Å². The molecule has 1 heterocycles. The van der Waals surface area contributed by atoms with Crippen LogP contribution in [0.15, 0.2) is 6.07 Å². The van der Waals surface area contributed by atoms with Gasteiger partial charge in [0.1, 0.15) is 0 Å². The summed E-state index contributed by atoms with van der Waals surface area (Å²) in [6.45, 7) is 1.66. The molecule has 0 bridgehead atoms. The summed E-state index contributed by atoms with van der Waals surface area (Å²) in [7, 11) is 7.97. The lowest BCUT2D eigenvalue weighted by molar-refractivity contribution is -0.132. The normalized spacial score (nSPS) is 20.3. The van der Waals surface area contributed by atoms with E-state index in [0.29, 0.717) is 11.8 Å². The van der Waals surface area contributed by atoms with E-state index in [-0.39, 0.29) is 18.7 Å². The highest BCUT2D eigenvalue weighted by Crippen LogP contribution is 2.35. The third-order valence-electron chi connectivity index (χ3n) is 5.28. The topological polar surface area (TPSA) is 84.5 Å². The van der Waals surface area contributed by atoms with Crippen LogP contribution in [0.25, 0.3) is 0 Å². The van der Waals surface area contributed by atoms with Gasteiger partial charge in [-0.3, -0.25) is 14.3 Å². The van der Waals surface area contributed by atoms with E-state index in [1.807, 2.05) is 18.8 Å². The van der Waals surface area contributed by atoms with Gasteiger partial charge in [0.15, 0.2) is 0 Å². The van der Waals surface area contributed by atoms with E-state index in [0.717, 1.165) is 38.8 Å². The molecule has 0 aromatic carbocycles. The molecule has 1 fully saturated rings. The molecular formula is C19H33N5O2. The lowest BCUT2D eigenvalue weighted by Crippen LogP contribution is -2.33. The Bertz CT molecular complexity index is 617. The monoisotopic (exact) mass is 363 g/mol. The average Bonchev–Trinajstić information content (AvgIpc) is 2.93. The van der Waals surface area contributed by atoms with Gasteiger partial charge in [-0.25, -0.2) is 0 Å². The molecule has 1 aliphatic carbocycles. The average molecular weight is 364 g/mol. The smallest absolute Gasteiger partial charge is 0.222 e. The number of nitrogens with two attached hydrogens (primary N) is 1. The highest BCUT2D eigenvalue weighted by atomic mass is 16.2. The van der Waals surface area contributed by atoms with Crippen LogP contribution in [0.4, 0.5) is 0 Å². The van der Waals surface area contributed by atoms with Gasteiger partial charge in [0.2, 0.25) is 11.8 Å². The van der Waals surface area contributed by atoms with Crippen molar-refractivity contribution in [2.75, 3.05) is 27.7 Å². The third kappa shape index (κ3) is 5.83. The Morgan fingerprint density at radius 3 is 2.42 bits per heavy atom. The molecule has 0 aliphatic heterocycles. The molecule has 7 nitrogen and oxygen atoms in total. The zero-order chi connectivity index (χ0) is 19.3. The maximum Gasteiger partial charge on any atom is 0.222 e. The van der Waals surface area contributed by atoms with E-state index >= 15 is 0 Å². The number of amides is 2. The first kappa shape index (κ1) is 20.4. The summed E-state index contributed by atoms with van der Waals surface area (Å²) < 4.78 is 1.99. The van der Waals surface area contributed by atoms with E-state index < -0.39 is 5.91 Å². The second kappa shape index (κ2) is 9.16. The molecule has 1 aromatic heterocycles. The number of hydrogen-bond acceptors (Lipinski definition) is 4. The Kier molecular flexibility index (Phi) is 7.20. The predicted molar refractivity (Wildman–Crippen MR) is 101 cm³/mol. The predicted octanol–water partition coefficient (Wildman–Crippen LogP) is 1.48. The first-order valence-corrected chi connectivity index (χ1v) is 9.46. The molecule has 1 aliphatic rings. The van der Waals surface area contributed by atoms with Gasteiger partial charge in [0, 0.05) is 45.9 Å². The molecule has 0 saturated heterocycles. The van der Waals surface area contributed by atoms with E-state index in [2.05, 4.69) is 25.1 Å². The van der Waals surface area contributed by atoms with Gasteiger partial charge in [0.25, 0.3) is 0 Å². The van der Waals surface area contributed by atoms with Crippen molar-refractivity contribution >= 4 is 11.8 Å². The fourth-order valence-corrected chi connectivity index (χ4v) is 3.75. The molecule has 0 atom stereocenters. The zero-order valence-corrected chi connectivity index (χ0v) is 16.6.